The summed E-state index contributed by atoms with van der Waals surface area (Å²) < 4.78 is 1.96. The number of aromatic nitrogens is 2. The Morgan fingerprint density at radius 2 is 1.92 bits per heavy atom. The number of nitrogens with one attached hydrogen (secondary N) is 2. The minimum Gasteiger partial charge on any atom is -0.355 e. The van der Waals surface area contributed by atoms with Crippen LogP contribution in [0.15, 0.2) is 41.9 Å². The first kappa shape index (κ1) is 16.2. The SMILES string of the molecule is CC(=O)NCCNC(=O)Cc1csc2nc(-c3ccccc3)cn12. The van der Waals surface area contributed by atoms with Crippen molar-refractivity contribution in [3.05, 3.63) is 47.6 Å². The summed E-state index contributed by atoms with van der Waals surface area (Å²) in [6.45, 7) is 2.31. The molecule has 6 nitrogen and oxygen atoms in total. The van der Waals surface area contributed by atoms with Crippen molar-refractivity contribution < 1.29 is 9.59 Å². The molecule has 0 aliphatic rings. The summed E-state index contributed by atoms with van der Waals surface area (Å²) >= 11 is 1.52. The van der Waals surface area contributed by atoms with E-state index in [4.69, 9.17) is 0 Å². The first-order chi connectivity index (χ1) is 11.6. The largest absolute Gasteiger partial charge is 0.355 e. The molecule has 0 spiro atoms. The molecule has 0 saturated carbocycles. The fraction of sp³-hybridized carbons (Fsp3) is 0.235. The summed E-state index contributed by atoms with van der Waals surface area (Å²) in [5, 5.41) is 7.39. The van der Waals surface area contributed by atoms with Gasteiger partial charge in [-0.15, -0.1) is 11.3 Å². The van der Waals surface area contributed by atoms with E-state index in [2.05, 4.69) is 15.6 Å². The number of hydrogen-bond acceptors (Lipinski definition) is 4. The summed E-state index contributed by atoms with van der Waals surface area (Å²) in [6.07, 6.45) is 2.24. The molecule has 0 unspecified atom stereocenters. The maximum Gasteiger partial charge on any atom is 0.226 e. The Labute approximate surface area is 143 Å². The maximum atomic E-state index is 12.0. The van der Waals surface area contributed by atoms with Crippen LogP contribution in [0.3, 0.4) is 0 Å². The van der Waals surface area contributed by atoms with Crippen LogP contribution in [-0.4, -0.2) is 34.3 Å². The third-order valence-corrected chi connectivity index (χ3v) is 4.40. The lowest BCUT2D eigenvalue weighted by Gasteiger charge is -2.05. The van der Waals surface area contributed by atoms with Gasteiger partial charge in [0.05, 0.1) is 12.1 Å². The first-order valence-electron chi connectivity index (χ1n) is 7.65. The number of fused-ring (bicyclic) bond motifs is 1. The van der Waals surface area contributed by atoms with E-state index < -0.39 is 0 Å². The molecule has 2 heterocycles. The van der Waals surface area contributed by atoms with Gasteiger partial charge >= 0.3 is 0 Å². The molecule has 24 heavy (non-hydrogen) atoms. The number of amides is 2. The van der Waals surface area contributed by atoms with E-state index in [0.29, 0.717) is 13.1 Å². The van der Waals surface area contributed by atoms with Crippen LogP contribution in [0.1, 0.15) is 12.6 Å². The molecule has 7 heteroatoms. The summed E-state index contributed by atoms with van der Waals surface area (Å²) in [7, 11) is 0. The zero-order valence-corrected chi connectivity index (χ0v) is 14.1. The predicted octanol–water partition coefficient (Wildman–Crippen LogP) is 1.86. The highest BCUT2D eigenvalue weighted by Gasteiger charge is 2.12. The molecular weight excluding hydrogens is 324 g/mol. The highest BCUT2D eigenvalue weighted by molar-refractivity contribution is 7.15. The van der Waals surface area contributed by atoms with Crippen molar-refractivity contribution in [1.82, 2.24) is 20.0 Å². The van der Waals surface area contributed by atoms with Crippen molar-refractivity contribution in [2.45, 2.75) is 13.3 Å². The van der Waals surface area contributed by atoms with E-state index in [-0.39, 0.29) is 18.2 Å². The zero-order valence-electron chi connectivity index (χ0n) is 13.3. The molecule has 1 aromatic carbocycles. The van der Waals surface area contributed by atoms with Gasteiger partial charge in [0.2, 0.25) is 11.8 Å². The van der Waals surface area contributed by atoms with Crippen LogP contribution < -0.4 is 10.6 Å². The van der Waals surface area contributed by atoms with Gasteiger partial charge < -0.3 is 10.6 Å². The van der Waals surface area contributed by atoms with Crippen molar-refractivity contribution in [1.29, 1.82) is 0 Å². The van der Waals surface area contributed by atoms with E-state index in [9.17, 15) is 9.59 Å². The second-order valence-corrected chi connectivity index (χ2v) is 6.22. The number of thiazole rings is 1. The Bertz CT molecular complexity index is 854. The topological polar surface area (TPSA) is 75.5 Å². The van der Waals surface area contributed by atoms with Gasteiger partial charge in [0.25, 0.3) is 0 Å². The number of imidazole rings is 1. The minimum absolute atomic E-state index is 0.0741. The molecule has 0 radical (unpaired) electrons. The summed E-state index contributed by atoms with van der Waals surface area (Å²) in [6, 6.07) is 9.96. The van der Waals surface area contributed by atoms with E-state index in [1.54, 1.807) is 0 Å². The molecule has 0 bridgehead atoms. The molecule has 0 saturated heterocycles. The molecule has 124 valence electrons. The van der Waals surface area contributed by atoms with Gasteiger partial charge in [-0.05, 0) is 0 Å². The van der Waals surface area contributed by atoms with E-state index in [1.165, 1.54) is 18.3 Å². The third kappa shape index (κ3) is 3.80. The fourth-order valence-corrected chi connectivity index (χ4v) is 3.24. The third-order valence-electron chi connectivity index (χ3n) is 3.52. The monoisotopic (exact) mass is 342 g/mol. The fourth-order valence-electron chi connectivity index (χ4n) is 2.37. The molecule has 0 aliphatic carbocycles. The van der Waals surface area contributed by atoms with Crippen molar-refractivity contribution in [2.75, 3.05) is 13.1 Å². The lowest BCUT2D eigenvalue weighted by atomic mass is 10.2. The Hall–Kier alpha value is -2.67. The van der Waals surface area contributed by atoms with Gasteiger partial charge in [0.15, 0.2) is 4.96 Å². The van der Waals surface area contributed by atoms with Gasteiger partial charge in [-0.25, -0.2) is 4.98 Å². The van der Waals surface area contributed by atoms with E-state index in [1.807, 2.05) is 46.3 Å². The maximum absolute atomic E-state index is 12.0. The predicted molar refractivity (Wildman–Crippen MR) is 93.9 cm³/mol. The lowest BCUT2D eigenvalue weighted by Crippen LogP contribution is -2.34. The number of nitrogens with zero attached hydrogens (tertiary/aromatic N) is 2. The van der Waals surface area contributed by atoms with Crippen molar-refractivity contribution in [3.8, 4) is 11.3 Å². The Balaban J connectivity index is 1.66. The Morgan fingerprint density at radius 1 is 1.17 bits per heavy atom. The summed E-state index contributed by atoms with van der Waals surface area (Å²) in [5.41, 5.74) is 2.86. The lowest BCUT2D eigenvalue weighted by molar-refractivity contribution is -0.121. The van der Waals surface area contributed by atoms with Crippen molar-refractivity contribution >= 4 is 28.1 Å². The first-order valence-corrected chi connectivity index (χ1v) is 8.53. The zero-order chi connectivity index (χ0) is 16.9. The van der Waals surface area contributed by atoms with Crippen LogP contribution in [0.4, 0.5) is 0 Å². The quantitative estimate of drug-likeness (QED) is 0.672. The molecule has 0 fully saturated rings. The molecular formula is C17H18N4O2S. The van der Waals surface area contributed by atoms with Gasteiger partial charge in [0, 0.05) is 42.8 Å². The molecule has 2 N–H and O–H groups in total. The normalized spacial score (nSPS) is 10.7. The standard InChI is InChI=1S/C17H18N4O2S/c1-12(22)18-7-8-19-16(23)9-14-11-24-17-20-15(10-21(14)17)13-5-3-2-4-6-13/h2-6,10-11H,7-9H2,1H3,(H,18,22)(H,19,23). The minimum atomic E-state index is -0.101. The molecule has 3 aromatic rings. The number of hydrogen-bond donors (Lipinski definition) is 2. The Morgan fingerprint density at radius 3 is 2.67 bits per heavy atom. The second-order valence-electron chi connectivity index (χ2n) is 5.38. The Kier molecular flexibility index (Phi) is 4.90. The van der Waals surface area contributed by atoms with Crippen LogP contribution in [0, 0.1) is 0 Å². The van der Waals surface area contributed by atoms with E-state index in [0.717, 1.165) is 21.9 Å². The van der Waals surface area contributed by atoms with Gasteiger partial charge in [0.1, 0.15) is 0 Å². The van der Waals surface area contributed by atoms with Gasteiger partial charge in [-0.2, -0.15) is 0 Å². The van der Waals surface area contributed by atoms with Crippen molar-refractivity contribution in [2.24, 2.45) is 0 Å². The van der Waals surface area contributed by atoms with Crippen LogP contribution in [0.2, 0.25) is 0 Å². The van der Waals surface area contributed by atoms with Gasteiger partial charge in [-0.1, -0.05) is 30.3 Å². The average Bonchev–Trinajstić information content (AvgIpc) is 3.14. The highest BCUT2D eigenvalue weighted by Crippen LogP contribution is 2.23. The van der Waals surface area contributed by atoms with Crippen LogP contribution in [0.25, 0.3) is 16.2 Å². The van der Waals surface area contributed by atoms with Crippen molar-refractivity contribution in [3.63, 3.8) is 0 Å². The highest BCUT2D eigenvalue weighted by atomic mass is 32.1. The van der Waals surface area contributed by atoms with E-state index >= 15 is 0 Å². The molecule has 0 atom stereocenters. The number of rotatable bonds is 6. The average molecular weight is 342 g/mol. The van der Waals surface area contributed by atoms with Crippen LogP contribution in [-0.2, 0) is 16.0 Å². The van der Waals surface area contributed by atoms with Gasteiger partial charge in [-0.3, -0.25) is 14.0 Å². The second kappa shape index (κ2) is 7.27. The number of benzene rings is 1. The molecule has 3 rings (SSSR count). The summed E-state index contributed by atoms with van der Waals surface area (Å²) in [4.78, 5) is 28.3. The van der Waals surface area contributed by atoms with Crippen LogP contribution >= 0.6 is 11.3 Å². The summed E-state index contributed by atoms with van der Waals surface area (Å²) in [5.74, 6) is -0.175. The molecule has 2 aromatic heterocycles. The number of carbonyl (C=O) groups is 2. The van der Waals surface area contributed by atoms with Crippen LogP contribution in [0.5, 0.6) is 0 Å². The number of carbonyl (C=O) groups excluding carboxylic acids is 2. The molecule has 0 aliphatic heterocycles. The molecule has 2 amide bonds. The smallest absolute Gasteiger partial charge is 0.226 e.